The van der Waals surface area contributed by atoms with Crippen molar-refractivity contribution in [3.63, 3.8) is 0 Å². The Labute approximate surface area is 209 Å². The fraction of sp³-hybridized carbons (Fsp3) is 0.440. The third-order valence-corrected chi connectivity index (χ3v) is 8.13. The van der Waals surface area contributed by atoms with Crippen LogP contribution >= 0.6 is 0 Å². The Morgan fingerprint density at radius 1 is 0.972 bits per heavy atom. The molecule has 36 heavy (non-hydrogen) atoms. The molecule has 0 N–H and O–H groups in total. The first kappa shape index (κ1) is 25.8. The third kappa shape index (κ3) is 4.72. The SMILES string of the molecule is COCCOc1ccc2c(c1)n(C1CCCCC1)c(=O)n2S(=O)(=O)c1ccc(C(=O)OC)cc1OC. The lowest BCUT2D eigenvalue weighted by molar-refractivity contribution is 0.0600. The molecule has 10 nitrogen and oxygen atoms in total. The van der Waals surface area contributed by atoms with Crippen LogP contribution in [0.4, 0.5) is 0 Å². The molecule has 0 atom stereocenters. The zero-order valence-corrected chi connectivity index (χ0v) is 21.4. The number of carbonyl (C=O) groups excluding carboxylic acids is 1. The topological polar surface area (TPSA) is 115 Å². The zero-order valence-electron chi connectivity index (χ0n) is 20.6. The van der Waals surface area contributed by atoms with E-state index in [1.54, 1.807) is 29.9 Å². The Kier molecular flexibility index (Phi) is 7.70. The van der Waals surface area contributed by atoms with E-state index in [0.29, 0.717) is 24.5 Å². The van der Waals surface area contributed by atoms with Crippen molar-refractivity contribution in [2.75, 3.05) is 34.5 Å². The number of aromatic nitrogens is 2. The molecule has 4 rings (SSSR count). The van der Waals surface area contributed by atoms with Gasteiger partial charge in [0, 0.05) is 19.2 Å². The lowest BCUT2D eigenvalue weighted by Crippen LogP contribution is -2.32. The monoisotopic (exact) mass is 518 g/mol. The number of hydrogen-bond acceptors (Lipinski definition) is 8. The van der Waals surface area contributed by atoms with Crippen LogP contribution in [0.15, 0.2) is 46.1 Å². The molecule has 1 fully saturated rings. The van der Waals surface area contributed by atoms with Gasteiger partial charge in [0.05, 0.1) is 37.4 Å². The van der Waals surface area contributed by atoms with E-state index in [-0.39, 0.29) is 27.8 Å². The Morgan fingerprint density at radius 3 is 2.39 bits per heavy atom. The molecule has 0 saturated heterocycles. The molecule has 1 aliphatic carbocycles. The largest absolute Gasteiger partial charge is 0.495 e. The Bertz CT molecular complexity index is 1420. The maximum Gasteiger partial charge on any atom is 0.343 e. The second kappa shape index (κ2) is 10.8. The molecule has 0 unspecified atom stereocenters. The minimum atomic E-state index is -4.39. The summed E-state index contributed by atoms with van der Waals surface area (Å²) >= 11 is 0. The van der Waals surface area contributed by atoms with E-state index in [0.717, 1.165) is 36.1 Å². The van der Waals surface area contributed by atoms with Crippen molar-refractivity contribution in [3.05, 3.63) is 52.4 Å². The summed E-state index contributed by atoms with van der Waals surface area (Å²) in [5, 5.41) is 0. The summed E-state index contributed by atoms with van der Waals surface area (Å²) in [6, 6.07) is 8.64. The molecule has 0 bridgehead atoms. The van der Waals surface area contributed by atoms with Gasteiger partial charge >= 0.3 is 11.7 Å². The summed E-state index contributed by atoms with van der Waals surface area (Å²) in [7, 11) is -0.293. The molecular weight excluding hydrogens is 488 g/mol. The minimum Gasteiger partial charge on any atom is -0.495 e. The lowest BCUT2D eigenvalue weighted by atomic mass is 9.95. The second-order valence-corrected chi connectivity index (χ2v) is 10.3. The highest BCUT2D eigenvalue weighted by Gasteiger charge is 2.31. The molecule has 3 aromatic rings. The molecule has 1 saturated carbocycles. The predicted octanol–water partition coefficient (Wildman–Crippen LogP) is 3.37. The third-order valence-electron chi connectivity index (χ3n) is 6.40. The number of fused-ring (bicyclic) bond motifs is 1. The number of esters is 1. The van der Waals surface area contributed by atoms with Crippen molar-refractivity contribution in [2.45, 2.75) is 43.0 Å². The zero-order chi connectivity index (χ0) is 25.9. The number of hydrogen-bond donors (Lipinski definition) is 0. The standard InChI is InChI=1S/C25H30N2O8S/c1-32-13-14-35-19-10-11-20-21(16-19)26(18-7-5-4-6-8-18)25(29)27(20)36(30,31)23-12-9-17(24(28)34-3)15-22(23)33-2/h9-12,15-16,18H,4-8,13-14H2,1-3H3. The molecule has 11 heteroatoms. The van der Waals surface area contributed by atoms with Crippen molar-refractivity contribution in [2.24, 2.45) is 0 Å². The van der Waals surface area contributed by atoms with Gasteiger partial charge in [-0.15, -0.1) is 0 Å². The summed E-state index contributed by atoms with van der Waals surface area (Å²) in [4.78, 5) is 25.5. The summed E-state index contributed by atoms with van der Waals surface area (Å²) in [6.07, 6.45) is 4.57. The van der Waals surface area contributed by atoms with E-state index in [4.69, 9.17) is 18.9 Å². The summed E-state index contributed by atoms with van der Waals surface area (Å²) in [5.74, 6) is -0.189. The highest BCUT2D eigenvalue weighted by molar-refractivity contribution is 7.90. The fourth-order valence-electron chi connectivity index (χ4n) is 4.65. The van der Waals surface area contributed by atoms with Crippen LogP contribution in [0, 0.1) is 0 Å². The van der Waals surface area contributed by atoms with Gasteiger partial charge in [-0.3, -0.25) is 4.57 Å². The number of benzene rings is 2. The van der Waals surface area contributed by atoms with Crippen LogP contribution in [0.25, 0.3) is 11.0 Å². The maximum atomic E-state index is 13.9. The predicted molar refractivity (Wildman–Crippen MR) is 133 cm³/mol. The molecule has 2 aromatic carbocycles. The first-order valence-corrected chi connectivity index (χ1v) is 13.2. The first-order chi connectivity index (χ1) is 17.3. The normalized spacial score (nSPS) is 14.6. The minimum absolute atomic E-state index is 0.0668. The molecule has 194 valence electrons. The number of ether oxygens (including phenoxy) is 4. The number of methoxy groups -OCH3 is 3. The van der Waals surface area contributed by atoms with E-state index in [1.165, 1.54) is 32.4 Å². The van der Waals surface area contributed by atoms with Gasteiger partial charge in [0.1, 0.15) is 23.0 Å². The lowest BCUT2D eigenvalue weighted by Gasteiger charge is -2.23. The van der Waals surface area contributed by atoms with E-state index in [2.05, 4.69) is 0 Å². The molecule has 0 radical (unpaired) electrons. The number of rotatable bonds is 9. The fourth-order valence-corrected chi connectivity index (χ4v) is 6.19. The Morgan fingerprint density at radius 2 is 1.72 bits per heavy atom. The molecule has 1 heterocycles. The van der Waals surface area contributed by atoms with Crippen LogP contribution in [0.5, 0.6) is 11.5 Å². The Hall–Kier alpha value is -3.31. The van der Waals surface area contributed by atoms with Crippen molar-refractivity contribution in [1.82, 2.24) is 8.54 Å². The van der Waals surface area contributed by atoms with Crippen molar-refractivity contribution < 1.29 is 32.2 Å². The van der Waals surface area contributed by atoms with Crippen LogP contribution in [-0.2, 0) is 19.5 Å². The Balaban J connectivity index is 1.91. The van der Waals surface area contributed by atoms with Gasteiger partial charge in [0.15, 0.2) is 0 Å². The second-order valence-electron chi connectivity index (χ2n) is 8.56. The van der Waals surface area contributed by atoms with Crippen LogP contribution in [0.2, 0.25) is 0 Å². The van der Waals surface area contributed by atoms with Gasteiger partial charge in [-0.2, -0.15) is 3.97 Å². The average molecular weight is 519 g/mol. The highest BCUT2D eigenvalue weighted by Crippen LogP contribution is 2.34. The molecule has 1 aliphatic rings. The van der Waals surface area contributed by atoms with Crippen LogP contribution < -0.4 is 15.2 Å². The van der Waals surface area contributed by atoms with Crippen molar-refractivity contribution >= 4 is 27.0 Å². The molecular formula is C25H30N2O8S. The van der Waals surface area contributed by atoms with Gasteiger partial charge in [-0.1, -0.05) is 19.3 Å². The number of nitrogens with zero attached hydrogens (tertiary/aromatic N) is 2. The van der Waals surface area contributed by atoms with Crippen LogP contribution in [0.1, 0.15) is 48.5 Å². The molecule has 0 amide bonds. The quantitative estimate of drug-likeness (QED) is 0.313. The smallest absolute Gasteiger partial charge is 0.343 e. The van der Waals surface area contributed by atoms with Gasteiger partial charge in [0.2, 0.25) is 0 Å². The van der Waals surface area contributed by atoms with Gasteiger partial charge in [0.25, 0.3) is 10.0 Å². The summed E-state index contributed by atoms with van der Waals surface area (Å²) in [5.41, 5.74) is 0.201. The molecule has 0 aliphatic heterocycles. The van der Waals surface area contributed by atoms with Crippen LogP contribution in [-0.4, -0.2) is 57.5 Å². The number of imidazole rings is 1. The van der Waals surface area contributed by atoms with Gasteiger partial charge < -0.3 is 18.9 Å². The van der Waals surface area contributed by atoms with Crippen LogP contribution in [0.3, 0.4) is 0 Å². The number of carbonyl (C=O) groups is 1. The molecule has 0 spiro atoms. The first-order valence-electron chi connectivity index (χ1n) is 11.7. The average Bonchev–Trinajstić information content (AvgIpc) is 3.20. The van der Waals surface area contributed by atoms with E-state index >= 15 is 0 Å². The highest BCUT2D eigenvalue weighted by atomic mass is 32.2. The van der Waals surface area contributed by atoms with Gasteiger partial charge in [-0.05, 0) is 43.2 Å². The van der Waals surface area contributed by atoms with Crippen molar-refractivity contribution in [3.8, 4) is 11.5 Å². The van der Waals surface area contributed by atoms with E-state index in [9.17, 15) is 18.0 Å². The summed E-state index contributed by atoms with van der Waals surface area (Å²) < 4.78 is 51.0. The van der Waals surface area contributed by atoms with E-state index in [1.807, 2.05) is 0 Å². The summed E-state index contributed by atoms with van der Waals surface area (Å²) in [6.45, 7) is 0.711. The van der Waals surface area contributed by atoms with Crippen molar-refractivity contribution in [1.29, 1.82) is 0 Å². The maximum absolute atomic E-state index is 13.9. The van der Waals surface area contributed by atoms with E-state index < -0.39 is 21.7 Å². The molecule has 1 aromatic heterocycles. The van der Waals surface area contributed by atoms with Gasteiger partial charge in [-0.25, -0.2) is 18.0 Å².